The molecule has 2 heterocycles. The number of thiophene rings is 2. The van der Waals surface area contributed by atoms with E-state index in [9.17, 15) is 0 Å². The summed E-state index contributed by atoms with van der Waals surface area (Å²) in [6.07, 6.45) is 4.56. The molecule has 0 bridgehead atoms. The Labute approximate surface area is 140 Å². The molecule has 2 aromatic heterocycles. The quantitative estimate of drug-likeness (QED) is 0.477. The first-order chi connectivity index (χ1) is 9.31. The van der Waals surface area contributed by atoms with Crippen LogP contribution in [0.2, 0.25) is 14.8 Å². The zero-order chi connectivity index (χ0) is 14.9. The van der Waals surface area contributed by atoms with Crippen LogP contribution >= 0.6 is 35.3 Å². The Hall–Kier alpha value is 0.289. The second-order valence-electron chi connectivity index (χ2n) is 6.15. The van der Waals surface area contributed by atoms with Crippen LogP contribution in [0, 0.1) is 13.8 Å². The molecule has 0 unspecified atom stereocenters. The summed E-state index contributed by atoms with van der Waals surface area (Å²) in [6.45, 7) is 4.40. The fourth-order valence-corrected chi connectivity index (χ4v) is 9.90. The molecule has 108 valence electrons. The van der Waals surface area contributed by atoms with E-state index in [0.29, 0.717) is 0 Å². The van der Waals surface area contributed by atoms with E-state index < -0.39 is 18.4 Å². The molecule has 0 aromatic carbocycles. The van der Waals surface area contributed by atoms with Gasteiger partial charge >= 0.3 is 141 Å². The van der Waals surface area contributed by atoms with Gasteiger partial charge in [0.1, 0.15) is 0 Å². The third-order valence-electron chi connectivity index (χ3n) is 3.22. The number of aryl methyl sites for hydroxylation is 2. The van der Waals surface area contributed by atoms with Crippen molar-refractivity contribution in [1.29, 1.82) is 0 Å². The fraction of sp³-hybridized carbons (Fsp3) is 0.375. The van der Waals surface area contributed by atoms with Gasteiger partial charge in [-0.1, -0.05) is 0 Å². The molecule has 0 atom stereocenters. The van der Waals surface area contributed by atoms with E-state index in [2.05, 4.69) is 65.6 Å². The van der Waals surface area contributed by atoms with Gasteiger partial charge < -0.3 is 0 Å². The average Bonchev–Trinajstić information content (AvgIpc) is 2.89. The molecule has 0 radical (unpaired) electrons. The molecule has 0 saturated heterocycles. The normalized spacial score (nSPS) is 12.5. The monoisotopic (exact) mass is 430 g/mol. The van der Waals surface area contributed by atoms with Gasteiger partial charge in [0.2, 0.25) is 0 Å². The first-order valence-electron chi connectivity index (χ1n) is 6.80. The van der Waals surface area contributed by atoms with Crippen molar-refractivity contribution >= 4 is 68.7 Å². The maximum atomic E-state index is 4.42. The van der Waals surface area contributed by atoms with E-state index >= 15 is 0 Å². The predicted octanol–water partition coefficient (Wildman–Crippen LogP) is 5.57. The van der Waals surface area contributed by atoms with E-state index in [1.54, 1.807) is 2.89 Å². The van der Waals surface area contributed by atoms with E-state index in [-0.39, 0.29) is 0 Å². The van der Waals surface area contributed by atoms with E-state index in [4.69, 9.17) is 0 Å². The van der Waals surface area contributed by atoms with Gasteiger partial charge in [-0.25, -0.2) is 0 Å². The van der Waals surface area contributed by atoms with Crippen LogP contribution in [0.4, 0.5) is 0 Å². The SMILES string of the molecule is Cc1cc(CS)c(/C=C/c2s[c]([Sn]([CH3])([CH3])[CH3])cc2C)s1. The third-order valence-corrected chi connectivity index (χ3v) is 15.2. The van der Waals surface area contributed by atoms with Crippen molar-refractivity contribution in [2.75, 3.05) is 0 Å². The summed E-state index contributed by atoms with van der Waals surface area (Å²) in [5.74, 6) is 0.817. The van der Waals surface area contributed by atoms with Gasteiger partial charge in [0.25, 0.3) is 0 Å². The molecule has 0 nitrogen and oxygen atoms in total. The van der Waals surface area contributed by atoms with Crippen LogP contribution in [0.5, 0.6) is 0 Å². The molecular weight excluding hydrogens is 407 g/mol. The van der Waals surface area contributed by atoms with Crippen molar-refractivity contribution in [2.45, 2.75) is 34.4 Å². The molecule has 0 aliphatic carbocycles. The summed E-state index contributed by atoms with van der Waals surface area (Å²) in [5, 5.41) is 0. The van der Waals surface area contributed by atoms with E-state index in [0.717, 1.165) is 5.75 Å². The number of hydrogen-bond donors (Lipinski definition) is 1. The first-order valence-corrected chi connectivity index (χ1v) is 19.1. The minimum atomic E-state index is -1.92. The Kier molecular flexibility index (Phi) is 5.49. The molecule has 0 aliphatic rings. The molecule has 0 saturated carbocycles. The minimum absolute atomic E-state index is 0.817. The standard InChI is InChI=1S/C13H13S3.3CH3.Sn/c1-9-5-6-15-12(9)3-4-13-11(8-14)7-10(2)16-13;;;;/h3-5,7,14H,8H2,1-2H3;3*1H3;/b4-3+;;;;. The average molecular weight is 429 g/mol. The Morgan fingerprint density at radius 3 is 2.25 bits per heavy atom. The Bertz CT molecular complexity index is 627. The number of thiol groups is 1. The van der Waals surface area contributed by atoms with Crippen molar-refractivity contribution in [1.82, 2.24) is 0 Å². The topological polar surface area (TPSA) is 0 Å². The van der Waals surface area contributed by atoms with Gasteiger partial charge in [-0.2, -0.15) is 0 Å². The molecule has 20 heavy (non-hydrogen) atoms. The van der Waals surface area contributed by atoms with Crippen molar-refractivity contribution in [2.24, 2.45) is 0 Å². The molecular formula is C16H22S3Sn. The molecule has 0 fully saturated rings. The van der Waals surface area contributed by atoms with Gasteiger partial charge in [0, 0.05) is 0 Å². The Morgan fingerprint density at radius 1 is 1.05 bits per heavy atom. The van der Waals surface area contributed by atoms with Gasteiger partial charge in [0.15, 0.2) is 0 Å². The zero-order valence-electron chi connectivity index (χ0n) is 12.8. The molecule has 0 N–H and O–H groups in total. The summed E-state index contributed by atoms with van der Waals surface area (Å²) in [6, 6.07) is 4.66. The molecule has 4 heteroatoms. The van der Waals surface area contributed by atoms with Crippen LogP contribution < -0.4 is 2.89 Å². The van der Waals surface area contributed by atoms with Crippen LogP contribution in [-0.2, 0) is 5.75 Å². The molecule has 0 amide bonds. The second kappa shape index (κ2) is 6.59. The molecule has 0 spiro atoms. The Balaban J connectivity index is 2.30. The number of rotatable bonds is 4. The van der Waals surface area contributed by atoms with Crippen LogP contribution in [0.15, 0.2) is 12.1 Å². The fourth-order valence-electron chi connectivity index (χ4n) is 2.03. The van der Waals surface area contributed by atoms with Crippen molar-refractivity contribution < 1.29 is 0 Å². The van der Waals surface area contributed by atoms with Gasteiger partial charge in [0.05, 0.1) is 0 Å². The Morgan fingerprint density at radius 2 is 1.70 bits per heavy atom. The number of hydrogen-bond acceptors (Lipinski definition) is 3. The summed E-state index contributed by atoms with van der Waals surface area (Å²) < 4.78 is 1.66. The molecule has 2 aromatic rings. The van der Waals surface area contributed by atoms with Gasteiger partial charge in [-0.15, -0.1) is 0 Å². The van der Waals surface area contributed by atoms with E-state index in [1.165, 1.54) is 25.8 Å². The van der Waals surface area contributed by atoms with Crippen LogP contribution in [0.3, 0.4) is 0 Å². The molecule has 2 rings (SSSR count). The van der Waals surface area contributed by atoms with Crippen LogP contribution in [0.1, 0.15) is 25.8 Å². The first kappa shape index (κ1) is 16.7. The summed E-state index contributed by atoms with van der Waals surface area (Å²) >= 11 is 6.36. The van der Waals surface area contributed by atoms with Crippen molar-refractivity contribution in [3.8, 4) is 0 Å². The van der Waals surface area contributed by atoms with Gasteiger partial charge in [-0.05, 0) is 0 Å². The van der Waals surface area contributed by atoms with Gasteiger partial charge in [-0.3, -0.25) is 0 Å². The molecule has 0 aliphatic heterocycles. The summed E-state index contributed by atoms with van der Waals surface area (Å²) in [4.78, 5) is 11.6. The predicted molar refractivity (Wildman–Crippen MR) is 103 cm³/mol. The van der Waals surface area contributed by atoms with Crippen molar-refractivity contribution in [3.05, 3.63) is 37.9 Å². The van der Waals surface area contributed by atoms with E-state index in [1.807, 2.05) is 22.7 Å². The van der Waals surface area contributed by atoms with Crippen molar-refractivity contribution in [3.63, 3.8) is 0 Å². The second-order valence-corrected chi connectivity index (χ2v) is 24.2. The summed E-state index contributed by atoms with van der Waals surface area (Å²) in [7, 11) is 0. The zero-order valence-corrected chi connectivity index (χ0v) is 18.2. The maximum absolute atomic E-state index is 4.42. The van der Waals surface area contributed by atoms with Crippen LogP contribution in [0.25, 0.3) is 12.2 Å². The van der Waals surface area contributed by atoms with Crippen LogP contribution in [-0.4, -0.2) is 18.4 Å². The summed E-state index contributed by atoms with van der Waals surface area (Å²) in [5.41, 5.74) is 2.77. The third kappa shape index (κ3) is 3.93.